The number of aromatic nitrogens is 2. The zero-order valence-corrected chi connectivity index (χ0v) is 10.5. The summed E-state index contributed by atoms with van der Waals surface area (Å²) in [6, 6.07) is 0. The van der Waals surface area contributed by atoms with E-state index in [9.17, 15) is 9.18 Å². The summed E-state index contributed by atoms with van der Waals surface area (Å²) in [5, 5.41) is 9.13. The predicted molar refractivity (Wildman–Crippen MR) is 63.9 cm³/mol. The molecule has 5 nitrogen and oxygen atoms in total. The van der Waals surface area contributed by atoms with E-state index in [0.717, 1.165) is 0 Å². The lowest BCUT2D eigenvalue weighted by Crippen LogP contribution is -2.43. The van der Waals surface area contributed by atoms with Crippen molar-refractivity contribution in [2.45, 2.75) is 26.7 Å². The molecule has 0 unspecified atom stereocenters. The van der Waals surface area contributed by atoms with Crippen molar-refractivity contribution in [2.75, 3.05) is 18.0 Å². The fourth-order valence-corrected chi connectivity index (χ4v) is 2.09. The fourth-order valence-electron chi connectivity index (χ4n) is 2.09. The molecule has 1 N–H and O–H groups in total. The van der Waals surface area contributed by atoms with E-state index < -0.39 is 17.2 Å². The Labute approximate surface area is 105 Å². The lowest BCUT2D eigenvalue weighted by Gasteiger charge is -2.37. The topological polar surface area (TPSA) is 66.3 Å². The molecule has 0 saturated carbocycles. The van der Waals surface area contributed by atoms with E-state index in [0.29, 0.717) is 31.6 Å². The van der Waals surface area contributed by atoms with Crippen molar-refractivity contribution in [2.24, 2.45) is 5.41 Å². The summed E-state index contributed by atoms with van der Waals surface area (Å²) >= 11 is 0. The van der Waals surface area contributed by atoms with Gasteiger partial charge in [-0.1, -0.05) is 0 Å². The van der Waals surface area contributed by atoms with Crippen LogP contribution in [-0.2, 0) is 4.79 Å². The maximum Gasteiger partial charge on any atom is 0.309 e. The number of rotatable bonds is 2. The molecule has 1 aliphatic rings. The van der Waals surface area contributed by atoms with Gasteiger partial charge in [-0.05, 0) is 26.7 Å². The number of aryl methyl sites for hydroxylation is 1. The Kier molecular flexibility index (Phi) is 3.19. The second kappa shape index (κ2) is 4.51. The SMILES string of the molecule is Cc1ncnc(N2CCC(C)(C(=O)O)CC2)c1F. The van der Waals surface area contributed by atoms with Gasteiger partial charge < -0.3 is 10.0 Å². The van der Waals surface area contributed by atoms with E-state index in [4.69, 9.17) is 5.11 Å². The molecular weight excluding hydrogens is 237 g/mol. The van der Waals surface area contributed by atoms with E-state index in [1.54, 1.807) is 18.7 Å². The first kappa shape index (κ1) is 12.7. The zero-order chi connectivity index (χ0) is 13.3. The lowest BCUT2D eigenvalue weighted by molar-refractivity contribution is -0.149. The lowest BCUT2D eigenvalue weighted by atomic mass is 9.80. The number of hydrogen-bond acceptors (Lipinski definition) is 4. The van der Waals surface area contributed by atoms with Crippen molar-refractivity contribution in [3.05, 3.63) is 17.8 Å². The highest BCUT2D eigenvalue weighted by molar-refractivity contribution is 5.74. The number of aliphatic carboxylic acids is 1. The number of anilines is 1. The molecule has 0 bridgehead atoms. The van der Waals surface area contributed by atoms with Crippen LogP contribution in [0.2, 0.25) is 0 Å². The van der Waals surface area contributed by atoms with Crippen LogP contribution in [0.5, 0.6) is 0 Å². The van der Waals surface area contributed by atoms with Crippen LogP contribution in [-0.4, -0.2) is 34.1 Å². The molecule has 1 fully saturated rings. The van der Waals surface area contributed by atoms with Gasteiger partial charge in [0.2, 0.25) is 0 Å². The van der Waals surface area contributed by atoms with Crippen LogP contribution >= 0.6 is 0 Å². The Hall–Kier alpha value is -1.72. The summed E-state index contributed by atoms with van der Waals surface area (Å²) in [6.07, 6.45) is 2.31. The first-order chi connectivity index (χ1) is 8.44. The molecule has 2 rings (SSSR count). The molecule has 1 aliphatic heterocycles. The van der Waals surface area contributed by atoms with E-state index >= 15 is 0 Å². The molecule has 6 heteroatoms. The number of halogens is 1. The molecule has 18 heavy (non-hydrogen) atoms. The first-order valence-electron chi connectivity index (χ1n) is 5.89. The van der Waals surface area contributed by atoms with Crippen LogP contribution in [0.1, 0.15) is 25.5 Å². The molecule has 1 aromatic heterocycles. The summed E-state index contributed by atoms with van der Waals surface area (Å²) in [4.78, 5) is 20.6. The highest BCUT2D eigenvalue weighted by atomic mass is 19.1. The largest absolute Gasteiger partial charge is 0.481 e. The smallest absolute Gasteiger partial charge is 0.309 e. The predicted octanol–water partition coefficient (Wildman–Crippen LogP) is 1.62. The Morgan fingerprint density at radius 1 is 1.44 bits per heavy atom. The van der Waals surface area contributed by atoms with Crippen molar-refractivity contribution in [3.8, 4) is 0 Å². The van der Waals surface area contributed by atoms with Crippen LogP contribution in [0.15, 0.2) is 6.33 Å². The van der Waals surface area contributed by atoms with Gasteiger partial charge in [0, 0.05) is 13.1 Å². The minimum Gasteiger partial charge on any atom is -0.481 e. The Morgan fingerprint density at radius 3 is 2.61 bits per heavy atom. The molecular formula is C12H16FN3O2. The van der Waals surface area contributed by atoms with Crippen molar-refractivity contribution < 1.29 is 14.3 Å². The Balaban J connectivity index is 2.15. The van der Waals surface area contributed by atoms with Gasteiger partial charge in [0.15, 0.2) is 11.6 Å². The van der Waals surface area contributed by atoms with E-state index in [2.05, 4.69) is 9.97 Å². The molecule has 98 valence electrons. The van der Waals surface area contributed by atoms with Crippen molar-refractivity contribution >= 4 is 11.8 Å². The molecule has 0 atom stereocenters. The zero-order valence-electron chi connectivity index (χ0n) is 10.5. The van der Waals surface area contributed by atoms with E-state index in [1.165, 1.54) is 6.33 Å². The molecule has 0 aliphatic carbocycles. The Bertz CT molecular complexity index is 470. The van der Waals surface area contributed by atoms with Gasteiger partial charge in [-0.25, -0.2) is 14.4 Å². The van der Waals surface area contributed by atoms with Crippen LogP contribution in [0, 0.1) is 18.2 Å². The third-order valence-corrected chi connectivity index (χ3v) is 3.63. The highest BCUT2D eigenvalue weighted by Crippen LogP contribution is 2.33. The standard InChI is InChI=1S/C12H16FN3O2/c1-8-9(13)10(15-7-14-8)16-5-3-12(2,4-6-16)11(17)18/h7H,3-6H2,1-2H3,(H,17,18). The number of carboxylic acid groups (broad SMARTS) is 1. The molecule has 1 aromatic rings. The van der Waals surface area contributed by atoms with Crippen LogP contribution in [0.3, 0.4) is 0 Å². The average Bonchev–Trinajstić information content (AvgIpc) is 2.34. The molecule has 0 aromatic carbocycles. The summed E-state index contributed by atoms with van der Waals surface area (Å²) < 4.78 is 13.9. The minimum absolute atomic E-state index is 0.273. The number of piperidine rings is 1. The average molecular weight is 253 g/mol. The summed E-state index contributed by atoms with van der Waals surface area (Å²) in [6.45, 7) is 4.31. The normalized spacial score (nSPS) is 18.7. The number of hydrogen-bond donors (Lipinski definition) is 1. The van der Waals surface area contributed by atoms with Gasteiger partial charge in [-0.15, -0.1) is 0 Å². The van der Waals surface area contributed by atoms with Gasteiger partial charge in [-0.3, -0.25) is 4.79 Å². The molecule has 0 radical (unpaired) electrons. The number of carbonyl (C=O) groups is 1. The van der Waals surface area contributed by atoms with Crippen molar-refractivity contribution in [3.63, 3.8) is 0 Å². The van der Waals surface area contributed by atoms with Gasteiger partial charge >= 0.3 is 5.97 Å². The Morgan fingerprint density at radius 2 is 2.06 bits per heavy atom. The minimum atomic E-state index is -0.790. The van der Waals surface area contributed by atoms with Crippen LogP contribution < -0.4 is 4.90 Å². The maximum absolute atomic E-state index is 13.9. The fraction of sp³-hybridized carbons (Fsp3) is 0.583. The molecule has 1 saturated heterocycles. The van der Waals surface area contributed by atoms with Crippen LogP contribution in [0.4, 0.5) is 10.2 Å². The summed E-state index contributed by atoms with van der Waals surface area (Å²) in [5.74, 6) is -0.937. The van der Waals surface area contributed by atoms with Gasteiger partial charge in [-0.2, -0.15) is 0 Å². The molecule has 2 heterocycles. The third-order valence-electron chi connectivity index (χ3n) is 3.63. The van der Waals surface area contributed by atoms with Gasteiger partial charge in [0.25, 0.3) is 0 Å². The van der Waals surface area contributed by atoms with E-state index in [1.807, 2.05) is 0 Å². The number of nitrogens with zero attached hydrogens (tertiary/aromatic N) is 3. The van der Waals surface area contributed by atoms with E-state index in [-0.39, 0.29) is 5.82 Å². The summed E-state index contributed by atoms with van der Waals surface area (Å²) in [5.41, 5.74) is -0.402. The third kappa shape index (κ3) is 2.14. The molecule has 0 spiro atoms. The van der Waals surface area contributed by atoms with Gasteiger partial charge in [0.05, 0.1) is 11.1 Å². The second-order valence-corrected chi connectivity index (χ2v) is 4.95. The summed E-state index contributed by atoms with van der Waals surface area (Å²) in [7, 11) is 0. The van der Waals surface area contributed by atoms with Gasteiger partial charge in [0.1, 0.15) is 6.33 Å². The quantitative estimate of drug-likeness (QED) is 0.867. The second-order valence-electron chi connectivity index (χ2n) is 4.95. The highest BCUT2D eigenvalue weighted by Gasteiger charge is 2.37. The van der Waals surface area contributed by atoms with Crippen molar-refractivity contribution in [1.82, 2.24) is 9.97 Å². The van der Waals surface area contributed by atoms with Crippen LogP contribution in [0.25, 0.3) is 0 Å². The van der Waals surface area contributed by atoms with Crippen molar-refractivity contribution in [1.29, 1.82) is 0 Å². The monoisotopic (exact) mass is 253 g/mol. The number of carboxylic acids is 1. The first-order valence-corrected chi connectivity index (χ1v) is 5.89. The molecule has 0 amide bonds. The maximum atomic E-state index is 13.9.